The first kappa shape index (κ1) is 20.1. The van der Waals surface area contributed by atoms with Crippen molar-refractivity contribution >= 4 is 12.1 Å². The van der Waals surface area contributed by atoms with Crippen molar-refractivity contribution in [1.82, 2.24) is 25.4 Å². The van der Waals surface area contributed by atoms with E-state index in [0.29, 0.717) is 17.1 Å². The third-order valence-electron chi connectivity index (χ3n) is 4.88. The quantitative estimate of drug-likeness (QED) is 0.372. The summed E-state index contributed by atoms with van der Waals surface area (Å²) in [4.78, 5) is 12.5. The molecule has 4 aromatic rings. The lowest BCUT2D eigenvalue weighted by atomic mass is 10.1. The monoisotopic (exact) mass is 414 g/mol. The molecular formula is C23H22N6O2. The molecule has 0 unspecified atom stereocenters. The highest BCUT2D eigenvalue weighted by Gasteiger charge is 2.18. The molecule has 2 heterocycles. The number of hydrogen-bond acceptors (Lipinski definition) is 5. The van der Waals surface area contributed by atoms with Crippen LogP contribution in [-0.4, -0.2) is 39.2 Å². The van der Waals surface area contributed by atoms with Gasteiger partial charge in [0.1, 0.15) is 11.4 Å². The summed E-state index contributed by atoms with van der Waals surface area (Å²) in [7, 11) is 1.58. The van der Waals surface area contributed by atoms with E-state index < -0.39 is 5.91 Å². The SMILES string of the molecule is COc1ccccc1/C=N\NC(=O)c1cc(-c2c(C)nn(-c3ccccc3)c2C)n[nH]1. The van der Waals surface area contributed by atoms with Gasteiger partial charge in [0, 0.05) is 11.1 Å². The average molecular weight is 414 g/mol. The number of nitrogens with one attached hydrogen (secondary N) is 2. The number of ether oxygens (including phenoxy) is 1. The van der Waals surface area contributed by atoms with E-state index in [9.17, 15) is 4.79 Å². The number of carbonyl (C=O) groups is 1. The Hall–Kier alpha value is -4.20. The molecule has 0 saturated carbocycles. The van der Waals surface area contributed by atoms with Crippen LogP contribution in [0.4, 0.5) is 0 Å². The third kappa shape index (κ3) is 4.09. The molecule has 31 heavy (non-hydrogen) atoms. The van der Waals surface area contributed by atoms with E-state index in [4.69, 9.17) is 4.74 Å². The summed E-state index contributed by atoms with van der Waals surface area (Å²) in [6.07, 6.45) is 1.53. The molecule has 2 N–H and O–H groups in total. The molecule has 2 aromatic carbocycles. The van der Waals surface area contributed by atoms with Crippen molar-refractivity contribution in [3.8, 4) is 22.7 Å². The van der Waals surface area contributed by atoms with Crippen LogP contribution >= 0.6 is 0 Å². The number of hydrazone groups is 1. The zero-order chi connectivity index (χ0) is 21.8. The lowest BCUT2D eigenvalue weighted by Crippen LogP contribution is -2.18. The zero-order valence-corrected chi connectivity index (χ0v) is 17.5. The van der Waals surface area contributed by atoms with Crippen molar-refractivity contribution in [3.63, 3.8) is 0 Å². The molecule has 0 fully saturated rings. The molecule has 0 aliphatic heterocycles. The van der Waals surface area contributed by atoms with Gasteiger partial charge in [-0.15, -0.1) is 0 Å². The number of H-pyrrole nitrogens is 1. The van der Waals surface area contributed by atoms with Crippen LogP contribution in [-0.2, 0) is 0 Å². The fourth-order valence-corrected chi connectivity index (χ4v) is 3.39. The van der Waals surface area contributed by atoms with E-state index in [0.717, 1.165) is 28.2 Å². The van der Waals surface area contributed by atoms with Crippen molar-refractivity contribution in [3.05, 3.63) is 83.3 Å². The summed E-state index contributed by atoms with van der Waals surface area (Å²) >= 11 is 0. The van der Waals surface area contributed by atoms with Crippen molar-refractivity contribution < 1.29 is 9.53 Å². The molecule has 1 amide bonds. The maximum atomic E-state index is 12.5. The number of aromatic nitrogens is 4. The lowest BCUT2D eigenvalue weighted by Gasteiger charge is -2.04. The summed E-state index contributed by atoms with van der Waals surface area (Å²) in [6, 6.07) is 19.0. The van der Waals surface area contributed by atoms with Gasteiger partial charge < -0.3 is 4.74 Å². The van der Waals surface area contributed by atoms with Crippen LogP contribution in [0.2, 0.25) is 0 Å². The van der Waals surface area contributed by atoms with Crippen LogP contribution in [0.25, 0.3) is 16.9 Å². The maximum absolute atomic E-state index is 12.5. The minimum absolute atomic E-state index is 0.304. The largest absolute Gasteiger partial charge is 0.496 e. The topological polar surface area (TPSA) is 97.2 Å². The molecule has 0 aliphatic rings. The molecule has 0 spiro atoms. The number of aromatic amines is 1. The number of hydrogen-bond donors (Lipinski definition) is 2. The van der Waals surface area contributed by atoms with Crippen molar-refractivity contribution in [2.45, 2.75) is 13.8 Å². The Morgan fingerprint density at radius 2 is 1.87 bits per heavy atom. The Bertz CT molecular complexity index is 1240. The predicted molar refractivity (Wildman–Crippen MR) is 119 cm³/mol. The van der Waals surface area contributed by atoms with Gasteiger partial charge in [0.2, 0.25) is 0 Å². The fraction of sp³-hybridized carbons (Fsp3) is 0.130. The minimum Gasteiger partial charge on any atom is -0.496 e. The highest BCUT2D eigenvalue weighted by molar-refractivity contribution is 5.94. The number of benzene rings is 2. The molecule has 0 saturated heterocycles. The van der Waals surface area contributed by atoms with E-state index in [2.05, 4.69) is 25.8 Å². The second kappa shape index (κ2) is 8.66. The Balaban J connectivity index is 1.53. The first-order valence-electron chi connectivity index (χ1n) is 9.72. The van der Waals surface area contributed by atoms with Crippen LogP contribution in [0, 0.1) is 13.8 Å². The molecule has 0 aliphatic carbocycles. The van der Waals surface area contributed by atoms with Crippen LogP contribution in [0.15, 0.2) is 65.8 Å². The Morgan fingerprint density at radius 3 is 2.65 bits per heavy atom. The lowest BCUT2D eigenvalue weighted by molar-refractivity contribution is 0.0950. The van der Waals surface area contributed by atoms with Crippen molar-refractivity contribution in [2.24, 2.45) is 5.10 Å². The van der Waals surface area contributed by atoms with Crippen LogP contribution < -0.4 is 10.2 Å². The molecule has 0 atom stereocenters. The smallest absolute Gasteiger partial charge is 0.289 e. The number of aryl methyl sites for hydroxylation is 1. The molecule has 0 radical (unpaired) electrons. The van der Waals surface area contributed by atoms with Crippen LogP contribution in [0.1, 0.15) is 27.4 Å². The highest BCUT2D eigenvalue weighted by Crippen LogP contribution is 2.27. The van der Waals surface area contributed by atoms with Crippen molar-refractivity contribution in [2.75, 3.05) is 7.11 Å². The first-order chi connectivity index (χ1) is 15.1. The summed E-state index contributed by atoms with van der Waals surface area (Å²) in [5.41, 5.74) is 7.84. The summed E-state index contributed by atoms with van der Waals surface area (Å²) in [5, 5.41) is 15.8. The summed E-state index contributed by atoms with van der Waals surface area (Å²) < 4.78 is 7.14. The Morgan fingerprint density at radius 1 is 1.13 bits per heavy atom. The maximum Gasteiger partial charge on any atom is 0.289 e. The first-order valence-corrected chi connectivity index (χ1v) is 9.72. The fourth-order valence-electron chi connectivity index (χ4n) is 3.39. The zero-order valence-electron chi connectivity index (χ0n) is 17.5. The number of amides is 1. The van der Waals surface area contributed by atoms with Gasteiger partial charge in [-0.2, -0.15) is 15.3 Å². The Kier molecular flexibility index (Phi) is 5.61. The third-order valence-corrected chi connectivity index (χ3v) is 4.88. The second-order valence-corrected chi connectivity index (χ2v) is 6.90. The highest BCUT2D eigenvalue weighted by atomic mass is 16.5. The van der Waals surface area contributed by atoms with E-state index in [1.807, 2.05) is 73.1 Å². The number of methoxy groups -OCH3 is 1. The molecule has 8 heteroatoms. The van der Waals surface area contributed by atoms with E-state index >= 15 is 0 Å². The van der Waals surface area contributed by atoms with E-state index in [-0.39, 0.29) is 0 Å². The normalized spacial score (nSPS) is 11.1. The van der Waals surface area contributed by atoms with Gasteiger partial charge in [0.25, 0.3) is 5.91 Å². The number of para-hydroxylation sites is 2. The molecule has 2 aromatic heterocycles. The average Bonchev–Trinajstić information content (AvgIpc) is 3.38. The number of nitrogens with zero attached hydrogens (tertiary/aromatic N) is 4. The molecule has 0 bridgehead atoms. The van der Waals surface area contributed by atoms with Crippen LogP contribution in [0.5, 0.6) is 5.75 Å². The van der Waals surface area contributed by atoms with E-state index in [1.165, 1.54) is 6.21 Å². The number of carbonyl (C=O) groups excluding carboxylic acids is 1. The molecule has 4 rings (SSSR count). The van der Waals surface area contributed by atoms with Gasteiger partial charge in [-0.05, 0) is 44.2 Å². The van der Waals surface area contributed by atoms with Crippen LogP contribution in [0.3, 0.4) is 0 Å². The van der Waals surface area contributed by atoms with Crippen molar-refractivity contribution in [1.29, 1.82) is 0 Å². The molecule has 8 nitrogen and oxygen atoms in total. The van der Waals surface area contributed by atoms with Gasteiger partial charge >= 0.3 is 0 Å². The van der Waals surface area contributed by atoms with Gasteiger partial charge in [-0.3, -0.25) is 9.89 Å². The predicted octanol–water partition coefficient (Wildman–Crippen LogP) is 3.65. The second-order valence-electron chi connectivity index (χ2n) is 6.90. The minimum atomic E-state index is -0.393. The van der Waals surface area contributed by atoms with Gasteiger partial charge in [-0.1, -0.05) is 30.3 Å². The van der Waals surface area contributed by atoms with Gasteiger partial charge in [0.05, 0.1) is 36.1 Å². The standard InChI is InChI=1S/C23H22N6O2/c1-15-22(16(2)29(28-15)18-10-5-4-6-11-18)19-13-20(26-25-19)23(30)27-24-14-17-9-7-8-12-21(17)31-3/h4-14H,1-3H3,(H,25,26)(H,27,30)/b24-14-. The molecule has 156 valence electrons. The van der Waals surface area contributed by atoms with Gasteiger partial charge in [-0.25, -0.2) is 10.1 Å². The summed E-state index contributed by atoms with van der Waals surface area (Å²) in [5.74, 6) is 0.279. The Labute approximate surface area is 179 Å². The van der Waals surface area contributed by atoms with Gasteiger partial charge in [0.15, 0.2) is 0 Å². The molecular weight excluding hydrogens is 392 g/mol. The summed E-state index contributed by atoms with van der Waals surface area (Å²) in [6.45, 7) is 3.90. The number of rotatable bonds is 6. The van der Waals surface area contributed by atoms with E-state index in [1.54, 1.807) is 13.2 Å².